The molecule has 4 nitrogen and oxygen atoms in total. The average molecular weight is 258 g/mol. The molecule has 1 amide bonds. The molecule has 1 atom stereocenters. The number of hydrogen-bond acceptors (Lipinski definition) is 3. The van der Waals surface area contributed by atoms with Crippen molar-refractivity contribution in [1.29, 1.82) is 0 Å². The Hall–Kier alpha value is -1.69. The highest BCUT2D eigenvalue weighted by Gasteiger charge is 2.48. The van der Waals surface area contributed by atoms with E-state index in [9.17, 15) is 18.7 Å². The molecule has 0 fully saturated rings. The number of alkyl halides is 2. The predicted octanol–water partition coefficient (Wildman–Crippen LogP) is 1.46. The van der Waals surface area contributed by atoms with Crippen LogP contribution in [0.1, 0.15) is 25.5 Å². The van der Waals surface area contributed by atoms with Crippen LogP contribution in [-0.2, 0) is 4.79 Å². The largest absolute Gasteiger partial charge is 0.398 e. The number of benzene rings is 1. The number of nitrogens with two attached hydrogens (primary N) is 1. The molecule has 0 aliphatic rings. The van der Waals surface area contributed by atoms with Crippen molar-refractivity contribution in [2.24, 2.45) is 0 Å². The lowest BCUT2D eigenvalue weighted by Crippen LogP contribution is -2.46. The molecular weight excluding hydrogens is 242 g/mol. The Balaban J connectivity index is 2.98. The van der Waals surface area contributed by atoms with Crippen LogP contribution in [0.3, 0.4) is 0 Å². The summed E-state index contributed by atoms with van der Waals surface area (Å²) in [5.74, 6) is -5.45. The van der Waals surface area contributed by atoms with Gasteiger partial charge in [-0.15, -0.1) is 0 Å². The van der Waals surface area contributed by atoms with Crippen molar-refractivity contribution in [3.63, 3.8) is 0 Å². The van der Waals surface area contributed by atoms with Crippen LogP contribution in [0.4, 0.5) is 14.5 Å². The zero-order valence-corrected chi connectivity index (χ0v) is 10.2. The number of rotatable bonds is 4. The lowest BCUT2D eigenvalue weighted by molar-refractivity contribution is -0.164. The molecule has 0 bridgehead atoms. The van der Waals surface area contributed by atoms with Crippen LogP contribution in [0.25, 0.3) is 0 Å². The highest BCUT2D eigenvalue weighted by molar-refractivity contribution is 5.84. The summed E-state index contributed by atoms with van der Waals surface area (Å²) in [4.78, 5) is 11.3. The summed E-state index contributed by atoms with van der Waals surface area (Å²) in [6.45, 7) is 3.11. The number of carbonyl (C=O) groups excluding carboxylic acids is 1. The van der Waals surface area contributed by atoms with Gasteiger partial charge in [-0.25, -0.2) is 0 Å². The Bertz CT molecular complexity index is 436. The molecule has 100 valence electrons. The van der Waals surface area contributed by atoms with E-state index < -0.39 is 24.0 Å². The number of amides is 1. The number of carbonyl (C=O) groups is 1. The normalized spacial score (nSPS) is 13.4. The summed E-state index contributed by atoms with van der Waals surface area (Å²) in [7, 11) is 0. The number of para-hydroxylation sites is 1. The first-order chi connectivity index (χ1) is 8.26. The molecule has 1 unspecified atom stereocenters. The fourth-order valence-corrected chi connectivity index (χ4v) is 1.44. The molecule has 0 aliphatic heterocycles. The van der Waals surface area contributed by atoms with Crippen LogP contribution in [0.5, 0.6) is 0 Å². The van der Waals surface area contributed by atoms with Crippen LogP contribution in [-0.4, -0.2) is 23.0 Å². The van der Waals surface area contributed by atoms with E-state index in [0.717, 1.165) is 0 Å². The molecule has 0 aromatic heterocycles. The van der Waals surface area contributed by atoms with E-state index >= 15 is 0 Å². The molecule has 1 rings (SSSR count). The van der Waals surface area contributed by atoms with E-state index in [-0.39, 0.29) is 11.3 Å². The van der Waals surface area contributed by atoms with Crippen LogP contribution in [0, 0.1) is 0 Å². The average Bonchev–Trinajstić information content (AvgIpc) is 2.27. The lowest BCUT2D eigenvalue weighted by atomic mass is 10.0. The number of aliphatic hydroxyl groups excluding tert-OH is 1. The summed E-state index contributed by atoms with van der Waals surface area (Å²) in [6.07, 6.45) is -2.27. The van der Waals surface area contributed by atoms with E-state index in [4.69, 9.17) is 5.73 Å². The number of nitrogen functional groups attached to an aromatic ring is 1. The molecule has 0 saturated heterocycles. The number of nitrogens with one attached hydrogen (secondary N) is 1. The summed E-state index contributed by atoms with van der Waals surface area (Å²) < 4.78 is 27.4. The quantitative estimate of drug-likeness (QED) is 0.716. The second kappa shape index (κ2) is 5.30. The molecular formula is C12H16F2N2O2. The van der Waals surface area contributed by atoms with Crippen molar-refractivity contribution in [2.45, 2.75) is 31.9 Å². The first-order valence-corrected chi connectivity index (χ1v) is 5.48. The maximum absolute atomic E-state index is 13.7. The molecule has 1 aromatic rings. The third kappa shape index (κ3) is 2.95. The number of hydrogen-bond donors (Lipinski definition) is 3. The molecule has 0 spiro atoms. The van der Waals surface area contributed by atoms with Crippen molar-refractivity contribution in [3.8, 4) is 0 Å². The number of anilines is 1. The van der Waals surface area contributed by atoms with Gasteiger partial charge in [0.05, 0.1) is 0 Å². The van der Waals surface area contributed by atoms with Gasteiger partial charge in [0.2, 0.25) is 0 Å². The fourth-order valence-electron chi connectivity index (χ4n) is 1.44. The Morgan fingerprint density at radius 3 is 2.44 bits per heavy atom. The fraction of sp³-hybridized carbons (Fsp3) is 0.417. The van der Waals surface area contributed by atoms with E-state index in [1.54, 1.807) is 19.9 Å². The molecule has 6 heteroatoms. The summed E-state index contributed by atoms with van der Waals surface area (Å²) in [6, 6.07) is 5.22. The van der Waals surface area contributed by atoms with Crippen LogP contribution in [0.2, 0.25) is 0 Å². The van der Waals surface area contributed by atoms with Gasteiger partial charge in [-0.2, -0.15) is 8.78 Å². The Morgan fingerprint density at radius 2 is 1.94 bits per heavy atom. The zero-order chi connectivity index (χ0) is 13.9. The van der Waals surface area contributed by atoms with Gasteiger partial charge in [-0.05, 0) is 19.9 Å². The minimum Gasteiger partial charge on any atom is -0.398 e. The van der Waals surface area contributed by atoms with Gasteiger partial charge < -0.3 is 16.2 Å². The van der Waals surface area contributed by atoms with Gasteiger partial charge in [0.25, 0.3) is 5.91 Å². The van der Waals surface area contributed by atoms with Gasteiger partial charge in [0, 0.05) is 17.3 Å². The molecule has 0 heterocycles. The number of aliphatic hydroxyl groups is 1. The first-order valence-electron chi connectivity index (χ1n) is 5.48. The smallest absolute Gasteiger partial charge is 0.353 e. The summed E-state index contributed by atoms with van der Waals surface area (Å²) in [5, 5.41) is 11.7. The summed E-state index contributed by atoms with van der Waals surface area (Å²) >= 11 is 0. The standard InChI is InChI=1S/C12H16F2N2O2/c1-7(2)16-11(18)12(13,14)10(17)8-5-3-4-6-9(8)15/h3-7,10,17H,15H2,1-2H3,(H,16,18). The van der Waals surface area contributed by atoms with Crippen LogP contribution >= 0.6 is 0 Å². The highest BCUT2D eigenvalue weighted by Crippen LogP contribution is 2.34. The monoisotopic (exact) mass is 258 g/mol. The maximum Gasteiger partial charge on any atom is 0.353 e. The van der Waals surface area contributed by atoms with E-state index in [1.807, 2.05) is 0 Å². The van der Waals surface area contributed by atoms with E-state index in [1.165, 1.54) is 18.2 Å². The predicted molar refractivity (Wildman–Crippen MR) is 64.0 cm³/mol. The second-order valence-corrected chi connectivity index (χ2v) is 4.28. The van der Waals surface area contributed by atoms with Crippen LogP contribution < -0.4 is 11.1 Å². The van der Waals surface area contributed by atoms with Gasteiger partial charge in [-0.3, -0.25) is 4.79 Å². The van der Waals surface area contributed by atoms with E-state index in [0.29, 0.717) is 0 Å². The molecule has 0 saturated carbocycles. The van der Waals surface area contributed by atoms with Crippen molar-refractivity contribution < 1.29 is 18.7 Å². The number of halogens is 2. The van der Waals surface area contributed by atoms with Crippen molar-refractivity contribution >= 4 is 11.6 Å². The SMILES string of the molecule is CC(C)NC(=O)C(F)(F)C(O)c1ccccc1N. The van der Waals surface area contributed by atoms with Gasteiger partial charge in [0.15, 0.2) is 6.10 Å². The molecule has 18 heavy (non-hydrogen) atoms. The van der Waals surface area contributed by atoms with Gasteiger partial charge in [-0.1, -0.05) is 18.2 Å². The topological polar surface area (TPSA) is 75.3 Å². The van der Waals surface area contributed by atoms with Gasteiger partial charge >= 0.3 is 5.92 Å². The van der Waals surface area contributed by atoms with Crippen LogP contribution in [0.15, 0.2) is 24.3 Å². The third-order valence-corrected chi connectivity index (χ3v) is 2.36. The van der Waals surface area contributed by atoms with E-state index in [2.05, 4.69) is 5.32 Å². The molecule has 1 aromatic carbocycles. The van der Waals surface area contributed by atoms with Gasteiger partial charge in [0.1, 0.15) is 0 Å². The maximum atomic E-state index is 13.7. The molecule has 4 N–H and O–H groups in total. The second-order valence-electron chi connectivity index (χ2n) is 4.28. The first kappa shape index (κ1) is 14.4. The Morgan fingerprint density at radius 1 is 1.39 bits per heavy atom. The molecule has 0 radical (unpaired) electrons. The van der Waals surface area contributed by atoms with Crippen molar-refractivity contribution in [3.05, 3.63) is 29.8 Å². The third-order valence-electron chi connectivity index (χ3n) is 2.36. The van der Waals surface area contributed by atoms with Crippen molar-refractivity contribution in [1.82, 2.24) is 5.32 Å². The molecule has 0 aliphatic carbocycles. The summed E-state index contributed by atoms with van der Waals surface area (Å²) in [5.41, 5.74) is 5.34. The zero-order valence-electron chi connectivity index (χ0n) is 10.2. The minimum atomic E-state index is -3.93. The lowest BCUT2D eigenvalue weighted by Gasteiger charge is -2.23. The Kier molecular flexibility index (Phi) is 4.24. The van der Waals surface area contributed by atoms with Crippen molar-refractivity contribution in [2.75, 3.05) is 5.73 Å². The highest BCUT2D eigenvalue weighted by atomic mass is 19.3. The Labute approximate surface area is 104 Å². The minimum absolute atomic E-state index is 0.0158.